The average molecular weight is 263 g/mol. The highest BCUT2D eigenvalue weighted by Crippen LogP contribution is 2.26. The lowest BCUT2D eigenvalue weighted by Crippen LogP contribution is -2.37. The molecule has 0 aliphatic heterocycles. The molecule has 0 bridgehead atoms. The molecule has 1 aromatic rings. The molecule has 1 aliphatic rings. The fourth-order valence-corrected chi connectivity index (χ4v) is 2.56. The third-order valence-corrected chi connectivity index (χ3v) is 3.92. The minimum Gasteiger partial charge on any atom is -0.348 e. The number of nitriles is 1. The highest BCUT2D eigenvalue weighted by Gasteiger charge is 2.28. The van der Waals surface area contributed by atoms with E-state index in [1.807, 2.05) is 6.92 Å². The van der Waals surface area contributed by atoms with E-state index in [0.717, 1.165) is 24.8 Å². The lowest BCUT2D eigenvalue weighted by molar-refractivity contribution is 0.0932. The fourth-order valence-electron chi connectivity index (χ4n) is 2.39. The van der Waals surface area contributed by atoms with E-state index in [2.05, 4.69) is 11.4 Å². The van der Waals surface area contributed by atoms with Crippen molar-refractivity contribution in [3.05, 3.63) is 34.3 Å². The molecule has 2 rings (SSSR count). The molecule has 4 heteroatoms. The summed E-state index contributed by atoms with van der Waals surface area (Å²) >= 11 is 6.00. The first-order chi connectivity index (χ1) is 8.63. The second-order valence-corrected chi connectivity index (χ2v) is 5.07. The molecular weight excluding hydrogens is 248 g/mol. The normalized spacial score (nSPS) is 22.5. The van der Waals surface area contributed by atoms with Crippen LogP contribution in [0.15, 0.2) is 18.2 Å². The van der Waals surface area contributed by atoms with Gasteiger partial charge >= 0.3 is 0 Å². The topological polar surface area (TPSA) is 52.9 Å². The lowest BCUT2D eigenvalue weighted by Gasteiger charge is -2.16. The van der Waals surface area contributed by atoms with Gasteiger partial charge in [0.2, 0.25) is 0 Å². The molecule has 94 valence electrons. The maximum absolute atomic E-state index is 12.2. The van der Waals surface area contributed by atoms with Gasteiger partial charge in [-0.3, -0.25) is 4.79 Å². The van der Waals surface area contributed by atoms with E-state index in [0.29, 0.717) is 10.6 Å². The Labute approximate surface area is 112 Å². The number of halogens is 1. The van der Waals surface area contributed by atoms with Gasteiger partial charge in [-0.1, -0.05) is 17.7 Å². The van der Waals surface area contributed by atoms with Gasteiger partial charge in [0.25, 0.3) is 5.91 Å². The zero-order valence-electron chi connectivity index (χ0n) is 10.2. The van der Waals surface area contributed by atoms with Crippen LogP contribution in [0.25, 0.3) is 0 Å². The number of amides is 1. The van der Waals surface area contributed by atoms with Crippen LogP contribution in [0, 0.1) is 24.2 Å². The average Bonchev–Trinajstić information content (AvgIpc) is 2.79. The van der Waals surface area contributed by atoms with Crippen LogP contribution >= 0.6 is 11.6 Å². The highest BCUT2D eigenvalue weighted by atomic mass is 35.5. The molecule has 0 spiro atoms. The minimum atomic E-state index is -0.137. The molecule has 0 radical (unpaired) electrons. The van der Waals surface area contributed by atoms with Crippen molar-refractivity contribution in [2.75, 3.05) is 0 Å². The zero-order valence-corrected chi connectivity index (χ0v) is 11.0. The van der Waals surface area contributed by atoms with Crippen molar-refractivity contribution < 1.29 is 4.79 Å². The van der Waals surface area contributed by atoms with E-state index in [4.69, 9.17) is 16.9 Å². The van der Waals surface area contributed by atoms with Gasteiger partial charge in [-0.15, -0.1) is 0 Å². The number of benzene rings is 1. The molecule has 1 aliphatic carbocycles. The zero-order chi connectivity index (χ0) is 13.1. The molecule has 1 saturated carbocycles. The molecule has 0 heterocycles. The molecule has 2 unspecified atom stereocenters. The predicted molar refractivity (Wildman–Crippen MR) is 70.4 cm³/mol. The Morgan fingerprint density at radius 3 is 3.00 bits per heavy atom. The summed E-state index contributed by atoms with van der Waals surface area (Å²) in [6.07, 6.45) is 2.75. The van der Waals surface area contributed by atoms with Gasteiger partial charge in [0.05, 0.1) is 12.0 Å². The van der Waals surface area contributed by atoms with E-state index in [1.165, 1.54) is 0 Å². The Hall–Kier alpha value is -1.53. The van der Waals surface area contributed by atoms with Crippen LogP contribution in [0.5, 0.6) is 0 Å². The van der Waals surface area contributed by atoms with Gasteiger partial charge in [0.15, 0.2) is 0 Å². The summed E-state index contributed by atoms with van der Waals surface area (Å²) in [5, 5.41) is 12.5. The number of carbonyl (C=O) groups excluding carboxylic acids is 1. The summed E-state index contributed by atoms with van der Waals surface area (Å²) in [5.41, 5.74) is 1.37. The van der Waals surface area contributed by atoms with E-state index >= 15 is 0 Å². The van der Waals surface area contributed by atoms with Crippen molar-refractivity contribution >= 4 is 17.5 Å². The summed E-state index contributed by atoms with van der Waals surface area (Å²) in [4.78, 5) is 12.2. The number of nitrogens with one attached hydrogen (secondary N) is 1. The number of nitrogens with zero attached hydrogens (tertiary/aromatic N) is 1. The number of carbonyl (C=O) groups is 1. The molecule has 0 aromatic heterocycles. The van der Waals surface area contributed by atoms with Crippen molar-refractivity contribution in [2.24, 2.45) is 5.92 Å². The van der Waals surface area contributed by atoms with Crippen LogP contribution in [0.3, 0.4) is 0 Å². The Bertz CT molecular complexity index is 507. The van der Waals surface area contributed by atoms with Crippen molar-refractivity contribution in [1.82, 2.24) is 5.32 Å². The van der Waals surface area contributed by atoms with Crippen LogP contribution in [0.1, 0.15) is 35.2 Å². The van der Waals surface area contributed by atoms with Crippen molar-refractivity contribution in [2.45, 2.75) is 32.2 Å². The van der Waals surface area contributed by atoms with E-state index in [9.17, 15) is 4.79 Å². The molecule has 1 N–H and O–H groups in total. The third kappa shape index (κ3) is 2.49. The predicted octanol–water partition coefficient (Wildman–Crippen LogP) is 3.07. The van der Waals surface area contributed by atoms with Crippen molar-refractivity contribution in [1.29, 1.82) is 5.26 Å². The molecule has 18 heavy (non-hydrogen) atoms. The maximum atomic E-state index is 12.2. The monoisotopic (exact) mass is 262 g/mol. The highest BCUT2D eigenvalue weighted by molar-refractivity contribution is 6.31. The summed E-state index contributed by atoms with van der Waals surface area (Å²) in [6.45, 7) is 1.83. The molecule has 2 atom stereocenters. The van der Waals surface area contributed by atoms with Crippen molar-refractivity contribution in [3.8, 4) is 6.07 Å². The smallest absolute Gasteiger partial charge is 0.251 e. The third-order valence-electron chi connectivity index (χ3n) is 3.51. The molecule has 0 saturated heterocycles. The number of hydrogen-bond donors (Lipinski definition) is 1. The van der Waals surface area contributed by atoms with Crippen LogP contribution in [0.2, 0.25) is 5.02 Å². The first kappa shape index (κ1) is 12.9. The quantitative estimate of drug-likeness (QED) is 0.891. The van der Waals surface area contributed by atoms with Gasteiger partial charge in [-0.05, 0) is 43.9 Å². The molecular formula is C14H15ClN2O. The van der Waals surface area contributed by atoms with E-state index in [-0.39, 0.29) is 17.9 Å². The Morgan fingerprint density at radius 1 is 1.50 bits per heavy atom. The van der Waals surface area contributed by atoms with Crippen LogP contribution < -0.4 is 5.32 Å². The summed E-state index contributed by atoms with van der Waals surface area (Å²) in [7, 11) is 0. The number of rotatable bonds is 2. The second-order valence-electron chi connectivity index (χ2n) is 4.66. The van der Waals surface area contributed by atoms with Crippen LogP contribution in [0.4, 0.5) is 0 Å². The molecule has 3 nitrogen and oxygen atoms in total. The molecule has 1 aromatic carbocycles. The second kappa shape index (κ2) is 5.41. The van der Waals surface area contributed by atoms with Crippen molar-refractivity contribution in [3.63, 3.8) is 0 Å². The minimum absolute atomic E-state index is 0.0270. The first-order valence-corrected chi connectivity index (χ1v) is 6.47. The van der Waals surface area contributed by atoms with Gasteiger partial charge in [0.1, 0.15) is 0 Å². The van der Waals surface area contributed by atoms with Gasteiger partial charge < -0.3 is 5.32 Å². The van der Waals surface area contributed by atoms with Gasteiger partial charge in [-0.25, -0.2) is 0 Å². The van der Waals surface area contributed by atoms with Crippen LogP contribution in [-0.2, 0) is 0 Å². The Kier molecular flexibility index (Phi) is 3.88. The fraction of sp³-hybridized carbons (Fsp3) is 0.429. The Morgan fingerprint density at radius 2 is 2.28 bits per heavy atom. The Balaban J connectivity index is 2.13. The lowest BCUT2D eigenvalue weighted by atomic mass is 10.0. The van der Waals surface area contributed by atoms with E-state index in [1.54, 1.807) is 18.2 Å². The first-order valence-electron chi connectivity index (χ1n) is 6.09. The standard InChI is InChI=1S/C14H15ClN2O/c1-9-11(5-3-6-12(9)15)14(18)17-13-7-2-4-10(13)8-16/h3,5-6,10,13H,2,4,7H2,1H3,(H,17,18). The SMILES string of the molecule is Cc1c(Cl)cccc1C(=O)NC1CCCC1C#N. The summed E-state index contributed by atoms with van der Waals surface area (Å²) in [6, 6.07) is 7.52. The summed E-state index contributed by atoms with van der Waals surface area (Å²) < 4.78 is 0. The van der Waals surface area contributed by atoms with E-state index < -0.39 is 0 Å². The largest absolute Gasteiger partial charge is 0.348 e. The van der Waals surface area contributed by atoms with Gasteiger partial charge in [-0.2, -0.15) is 5.26 Å². The maximum Gasteiger partial charge on any atom is 0.251 e. The van der Waals surface area contributed by atoms with Crippen LogP contribution in [-0.4, -0.2) is 11.9 Å². The van der Waals surface area contributed by atoms with Gasteiger partial charge in [0, 0.05) is 16.6 Å². The molecule has 1 amide bonds. The number of hydrogen-bond acceptors (Lipinski definition) is 2. The summed E-state index contributed by atoms with van der Waals surface area (Å²) in [5.74, 6) is -0.199. The molecule has 1 fully saturated rings.